The fraction of sp³-hybridized carbons (Fsp3) is 0.357. The van der Waals surface area contributed by atoms with Gasteiger partial charge in [-0.2, -0.15) is 0 Å². The summed E-state index contributed by atoms with van der Waals surface area (Å²) in [5.74, 6) is 0.156. The Kier molecular flexibility index (Phi) is 3.46. The molecule has 0 unspecified atom stereocenters. The second kappa shape index (κ2) is 4.43. The van der Waals surface area contributed by atoms with E-state index in [-0.39, 0.29) is 11.2 Å². The molecule has 1 aromatic rings. The molecule has 0 fully saturated rings. The molecule has 0 atom stereocenters. The molecule has 0 bridgehead atoms. The highest BCUT2D eigenvalue weighted by Gasteiger charge is 2.17. The van der Waals surface area contributed by atoms with Crippen LogP contribution in [0.2, 0.25) is 0 Å². The van der Waals surface area contributed by atoms with Crippen LogP contribution >= 0.6 is 0 Å². The van der Waals surface area contributed by atoms with Crippen molar-refractivity contribution in [3.63, 3.8) is 0 Å². The molecular formula is C14H18O. The van der Waals surface area contributed by atoms with E-state index in [1.54, 1.807) is 6.08 Å². The summed E-state index contributed by atoms with van der Waals surface area (Å²) in [5, 5.41) is 0. The first-order chi connectivity index (χ1) is 6.89. The van der Waals surface area contributed by atoms with Crippen molar-refractivity contribution < 1.29 is 4.79 Å². The van der Waals surface area contributed by atoms with Gasteiger partial charge in [-0.15, -0.1) is 0 Å². The monoisotopic (exact) mass is 202 g/mol. The number of carbonyl (C=O) groups is 1. The Morgan fingerprint density at radius 2 is 1.67 bits per heavy atom. The van der Waals surface area contributed by atoms with E-state index in [1.807, 2.05) is 58.0 Å². The van der Waals surface area contributed by atoms with Crippen LogP contribution in [0.5, 0.6) is 0 Å². The van der Waals surface area contributed by atoms with Crippen LogP contribution in [-0.4, -0.2) is 5.78 Å². The van der Waals surface area contributed by atoms with Crippen molar-refractivity contribution in [3.8, 4) is 0 Å². The maximum atomic E-state index is 11.6. The molecule has 0 spiro atoms. The van der Waals surface area contributed by atoms with E-state index in [2.05, 4.69) is 0 Å². The lowest BCUT2D eigenvalue weighted by Gasteiger charge is -2.12. The van der Waals surface area contributed by atoms with Gasteiger partial charge in [-0.3, -0.25) is 4.79 Å². The van der Waals surface area contributed by atoms with Crippen molar-refractivity contribution in [2.75, 3.05) is 0 Å². The van der Waals surface area contributed by atoms with E-state index in [9.17, 15) is 4.79 Å². The molecule has 0 heterocycles. The quantitative estimate of drug-likeness (QED) is 0.669. The van der Waals surface area contributed by atoms with E-state index < -0.39 is 0 Å². The van der Waals surface area contributed by atoms with Gasteiger partial charge in [-0.1, -0.05) is 56.7 Å². The van der Waals surface area contributed by atoms with Gasteiger partial charge in [0.05, 0.1) is 0 Å². The largest absolute Gasteiger partial charge is 0.294 e. The number of hydrogen-bond donors (Lipinski definition) is 0. The van der Waals surface area contributed by atoms with E-state index in [4.69, 9.17) is 0 Å². The van der Waals surface area contributed by atoms with Gasteiger partial charge >= 0.3 is 0 Å². The minimum atomic E-state index is -0.290. The van der Waals surface area contributed by atoms with Crippen molar-refractivity contribution in [2.24, 2.45) is 5.41 Å². The average Bonchev–Trinajstić information content (AvgIpc) is 2.15. The third-order valence-electron chi connectivity index (χ3n) is 2.24. The van der Waals surface area contributed by atoms with Crippen molar-refractivity contribution in [2.45, 2.75) is 27.7 Å². The fourth-order valence-corrected chi connectivity index (χ4v) is 1.10. The van der Waals surface area contributed by atoms with Crippen LogP contribution in [0.3, 0.4) is 0 Å². The molecule has 15 heavy (non-hydrogen) atoms. The lowest BCUT2D eigenvalue weighted by Crippen LogP contribution is -2.17. The second-order valence-electron chi connectivity index (χ2n) is 4.86. The SMILES string of the molecule is Cc1ccc(/C=C/C(=O)C(C)(C)C)cc1. The minimum absolute atomic E-state index is 0.156. The summed E-state index contributed by atoms with van der Waals surface area (Å²) in [5.41, 5.74) is 2.01. The summed E-state index contributed by atoms with van der Waals surface area (Å²) in [6.07, 6.45) is 3.53. The Hall–Kier alpha value is -1.37. The van der Waals surface area contributed by atoms with Gasteiger partial charge in [0.1, 0.15) is 0 Å². The maximum Gasteiger partial charge on any atom is 0.161 e. The van der Waals surface area contributed by atoms with Gasteiger partial charge in [0.2, 0.25) is 0 Å². The van der Waals surface area contributed by atoms with Crippen molar-refractivity contribution in [1.29, 1.82) is 0 Å². The van der Waals surface area contributed by atoms with Crippen molar-refractivity contribution in [3.05, 3.63) is 41.5 Å². The molecule has 1 aromatic carbocycles. The van der Waals surface area contributed by atoms with E-state index in [0.717, 1.165) is 5.56 Å². The maximum absolute atomic E-state index is 11.6. The molecule has 80 valence electrons. The lowest BCUT2D eigenvalue weighted by molar-refractivity contribution is -0.121. The highest BCUT2D eigenvalue weighted by atomic mass is 16.1. The summed E-state index contributed by atoms with van der Waals surface area (Å²) in [6.45, 7) is 7.83. The molecule has 1 heteroatoms. The van der Waals surface area contributed by atoms with Crippen molar-refractivity contribution in [1.82, 2.24) is 0 Å². The van der Waals surface area contributed by atoms with Crippen LogP contribution in [0.15, 0.2) is 30.3 Å². The molecule has 0 aliphatic rings. The topological polar surface area (TPSA) is 17.1 Å². The second-order valence-corrected chi connectivity index (χ2v) is 4.86. The number of benzene rings is 1. The number of hydrogen-bond acceptors (Lipinski definition) is 1. The first kappa shape index (κ1) is 11.7. The summed E-state index contributed by atoms with van der Waals surface area (Å²) in [6, 6.07) is 8.12. The third kappa shape index (κ3) is 3.70. The molecule has 0 aromatic heterocycles. The number of allylic oxidation sites excluding steroid dienone is 1. The van der Waals surface area contributed by atoms with E-state index in [0.29, 0.717) is 0 Å². The van der Waals surface area contributed by atoms with Crippen LogP contribution in [-0.2, 0) is 4.79 Å². The first-order valence-corrected chi connectivity index (χ1v) is 5.19. The van der Waals surface area contributed by atoms with Crippen LogP contribution in [0.25, 0.3) is 6.08 Å². The number of aryl methyl sites for hydroxylation is 1. The number of rotatable bonds is 2. The third-order valence-corrected chi connectivity index (χ3v) is 2.24. The summed E-state index contributed by atoms with van der Waals surface area (Å²) >= 11 is 0. The summed E-state index contributed by atoms with van der Waals surface area (Å²) < 4.78 is 0. The normalized spacial score (nSPS) is 12.0. The molecule has 0 aliphatic carbocycles. The molecule has 0 saturated carbocycles. The van der Waals surface area contributed by atoms with Crippen LogP contribution < -0.4 is 0 Å². The van der Waals surface area contributed by atoms with Gasteiger partial charge in [0.15, 0.2) is 5.78 Å². The highest BCUT2D eigenvalue weighted by Crippen LogP contribution is 2.16. The molecule has 0 aliphatic heterocycles. The smallest absolute Gasteiger partial charge is 0.161 e. The molecule has 0 amide bonds. The Bertz CT molecular complexity index is 363. The zero-order valence-electron chi connectivity index (χ0n) is 9.87. The van der Waals surface area contributed by atoms with Gasteiger partial charge in [-0.05, 0) is 18.6 Å². The van der Waals surface area contributed by atoms with E-state index in [1.165, 1.54) is 5.56 Å². The number of carbonyl (C=O) groups excluding carboxylic acids is 1. The Balaban J connectivity index is 2.74. The summed E-state index contributed by atoms with van der Waals surface area (Å²) in [7, 11) is 0. The minimum Gasteiger partial charge on any atom is -0.294 e. The first-order valence-electron chi connectivity index (χ1n) is 5.19. The predicted molar refractivity (Wildman–Crippen MR) is 64.7 cm³/mol. The Labute approximate surface area is 91.8 Å². The zero-order chi connectivity index (χ0) is 11.5. The van der Waals surface area contributed by atoms with Gasteiger partial charge in [0.25, 0.3) is 0 Å². The molecule has 0 saturated heterocycles. The summed E-state index contributed by atoms with van der Waals surface area (Å²) in [4.78, 5) is 11.6. The fourth-order valence-electron chi connectivity index (χ4n) is 1.10. The number of ketones is 1. The van der Waals surface area contributed by atoms with Gasteiger partial charge in [-0.25, -0.2) is 0 Å². The van der Waals surface area contributed by atoms with Crippen LogP contribution in [0, 0.1) is 12.3 Å². The zero-order valence-corrected chi connectivity index (χ0v) is 9.87. The molecule has 1 nitrogen and oxygen atoms in total. The van der Waals surface area contributed by atoms with Crippen LogP contribution in [0.4, 0.5) is 0 Å². The van der Waals surface area contributed by atoms with Gasteiger partial charge < -0.3 is 0 Å². The molecule has 0 N–H and O–H groups in total. The van der Waals surface area contributed by atoms with Crippen molar-refractivity contribution >= 4 is 11.9 Å². The predicted octanol–water partition coefficient (Wildman–Crippen LogP) is 3.62. The average molecular weight is 202 g/mol. The van der Waals surface area contributed by atoms with E-state index >= 15 is 0 Å². The van der Waals surface area contributed by atoms with Gasteiger partial charge in [0, 0.05) is 5.41 Å². The Morgan fingerprint density at radius 3 is 2.13 bits per heavy atom. The molecular weight excluding hydrogens is 184 g/mol. The lowest BCUT2D eigenvalue weighted by atomic mass is 9.90. The highest BCUT2D eigenvalue weighted by molar-refractivity contribution is 5.97. The molecule has 1 rings (SSSR count). The standard InChI is InChI=1S/C14H18O/c1-11-5-7-12(8-6-11)9-10-13(15)14(2,3)4/h5-10H,1-4H3/b10-9+. The van der Waals surface area contributed by atoms with Crippen LogP contribution in [0.1, 0.15) is 31.9 Å². The Morgan fingerprint density at radius 1 is 1.13 bits per heavy atom. The molecule has 0 radical (unpaired) electrons.